The molecule has 26 heavy (non-hydrogen) atoms. The van der Waals surface area contributed by atoms with Gasteiger partial charge in [0, 0.05) is 31.7 Å². The smallest absolute Gasteiger partial charge is 0.224 e. The van der Waals surface area contributed by atoms with E-state index >= 15 is 0 Å². The first-order valence-corrected chi connectivity index (χ1v) is 9.67. The lowest BCUT2D eigenvalue weighted by atomic mass is 9.77. The predicted molar refractivity (Wildman–Crippen MR) is 101 cm³/mol. The Kier molecular flexibility index (Phi) is 5.97. The minimum absolute atomic E-state index is 0.00615. The normalized spacial score (nSPS) is 25.7. The van der Waals surface area contributed by atoms with Crippen molar-refractivity contribution in [2.45, 2.75) is 63.5 Å². The Balaban J connectivity index is 1.50. The summed E-state index contributed by atoms with van der Waals surface area (Å²) in [5.74, 6) is 0.345. The molecule has 5 heteroatoms. The average Bonchev–Trinajstić information content (AvgIpc) is 2.93. The predicted octanol–water partition coefficient (Wildman–Crippen LogP) is 2.60. The fourth-order valence-corrected chi connectivity index (χ4v) is 4.41. The molecule has 1 aliphatic carbocycles. The van der Waals surface area contributed by atoms with Crippen molar-refractivity contribution in [3.8, 4) is 0 Å². The van der Waals surface area contributed by atoms with E-state index in [1.807, 2.05) is 36.1 Å². The van der Waals surface area contributed by atoms with Crippen molar-refractivity contribution in [1.82, 2.24) is 10.2 Å². The number of rotatable bonds is 6. The number of carbonyl (C=O) groups excluding carboxylic acids is 2. The summed E-state index contributed by atoms with van der Waals surface area (Å²) in [7, 11) is 1.67. The lowest BCUT2D eigenvalue weighted by Crippen LogP contribution is -2.52. The van der Waals surface area contributed by atoms with Gasteiger partial charge in [-0.15, -0.1) is 0 Å². The first kappa shape index (κ1) is 18.9. The maximum atomic E-state index is 12.3. The van der Waals surface area contributed by atoms with Crippen LogP contribution in [0.15, 0.2) is 24.3 Å². The van der Waals surface area contributed by atoms with Gasteiger partial charge in [0.15, 0.2) is 0 Å². The van der Waals surface area contributed by atoms with E-state index in [1.165, 1.54) is 5.56 Å². The van der Waals surface area contributed by atoms with Gasteiger partial charge in [-0.25, -0.2) is 0 Å². The van der Waals surface area contributed by atoms with Gasteiger partial charge in [0.05, 0.1) is 13.0 Å². The van der Waals surface area contributed by atoms with Gasteiger partial charge >= 0.3 is 0 Å². The molecule has 0 bridgehead atoms. The molecule has 0 atom stereocenters. The number of aryl methyl sites for hydroxylation is 1. The number of ether oxygens (including phenoxy) is 1. The van der Waals surface area contributed by atoms with E-state index in [9.17, 15) is 9.59 Å². The number of carbonyl (C=O) groups is 2. The molecule has 1 aromatic carbocycles. The van der Waals surface area contributed by atoms with E-state index in [1.54, 1.807) is 7.11 Å². The highest BCUT2D eigenvalue weighted by Gasteiger charge is 2.46. The van der Waals surface area contributed by atoms with E-state index in [-0.39, 0.29) is 23.4 Å². The fraction of sp³-hybridized carbons (Fsp3) is 0.619. The van der Waals surface area contributed by atoms with Crippen LogP contribution in [0.2, 0.25) is 0 Å². The first-order valence-electron chi connectivity index (χ1n) is 9.67. The van der Waals surface area contributed by atoms with Crippen molar-refractivity contribution < 1.29 is 14.3 Å². The topological polar surface area (TPSA) is 58.6 Å². The van der Waals surface area contributed by atoms with Crippen LogP contribution in [-0.2, 0) is 20.7 Å². The molecule has 2 aliphatic rings. The van der Waals surface area contributed by atoms with E-state index in [0.717, 1.165) is 37.7 Å². The standard InChI is InChI=1S/C21H30N2O3/c1-16-3-5-17(6-4-16)15-19(24)22-18-7-10-21(11-8-18)12-9-20(25)23(21)13-14-26-2/h3-6,18H,7-15H2,1-2H3,(H,22,24). The van der Waals surface area contributed by atoms with Crippen LogP contribution in [0.5, 0.6) is 0 Å². The molecule has 1 spiro atoms. The summed E-state index contributed by atoms with van der Waals surface area (Å²) in [5.41, 5.74) is 2.25. The highest BCUT2D eigenvalue weighted by atomic mass is 16.5. The van der Waals surface area contributed by atoms with Gasteiger partial charge in [-0.05, 0) is 44.6 Å². The van der Waals surface area contributed by atoms with Gasteiger partial charge in [-0.2, -0.15) is 0 Å². The van der Waals surface area contributed by atoms with Gasteiger partial charge < -0.3 is 15.0 Å². The van der Waals surface area contributed by atoms with Crippen LogP contribution in [0, 0.1) is 6.92 Å². The summed E-state index contributed by atoms with van der Waals surface area (Å²) < 4.78 is 5.17. The minimum Gasteiger partial charge on any atom is -0.383 e. The molecular weight excluding hydrogens is 328 g/mol. The molecule has 142 valence electrons. The van der Waals surface area contributed by atoms with Crippen molar-refractivity contribution in [3.63, 3.8) is 0 Å². The molecule has 2 fully saturated rings. The highest BCUT2D eigenvalue weighted by molar-refractivity contribution is 5.80. The second kappa shape index (κ2) is 8.21. The van der Waals surface area contributed by atoms with Gasteiger partial charge in [0.2, 0.25) is 11.8 Å². The summed E-state index contributed by atoms with van der Waals surface area (Å²) >= 11 is 0. The Morgan fingerprint density at radius 2 is 1.92 bits per heavy atom. The van der Waals surface area contributed by atoms with E-state index < -0.39 is 0 Å². The highest BCUT2D eigenvalue weighted by Crippen LogP contribution is 2.42. The molecule has 0 aromatic heterocycles. The molecule has 1 aromatic rings. The summed E-state index contributed by atoms with van der Waals surface area (Å²) in [5, 5.41) is 3.19. The molecule has 3 rings (SSSR count). The maximum absolute atomic E-state index is 12.3. The number of nitrogens with zero attached hydrogens (tertiary/aromatic N) is 1. The number of amides is 2. The van der Waals surface area contributed by atoms with E-state index in [2.05, 4.69) is 5.32 Å². The van der Waals surface area contributed by atoms with Crippen molar-refractivity contribution in [1.29, 1.82) is 0 Å². The van der Waals surface area contributed by atoms with Crippen molar-refractivity contribution >= 4 is 11.8 Å². The summed E-state index contributed by atoms with van der Waals surface area (Å²) in [6, 6.07) is 8.33. The Labute approximate surface area is 156 Å². The fourth-order valence-electron chi connectivity index (χ4n) is 4.41. The van der Waals surface area contributed by atoms with Crippen molar-refractivity contribution in [2.75, 3.05) is 20.3 Å². The van der Waals surface area contributed by atoms with Crippen LogP contribution >= 0.6 is 0 Å². The van der Waals surface area contributed by atoms with Crippen LogP contribution in [0.3, 0.4) is 0 Å². The van der Waals surface area contributed by atoms with Crippen molar-refractivity contribution in [2.24, 2.45) is 0 Å². The molecule has 1 heterocycles. The van der Waals surface area contributed by atoms with Crippen LogP contribution in [-0.4, -0.2) is 48.6 Å². The number of hydrogen-bond acceptors (Lipinski definition) is 3. The van der Waals surface area contributed by atoms with Crippen LogP contribution in [0.4, 0.5) is 0 Å². The zero-order valence-electron chi connectivity index (χ0n) is 15.9. The Bertz CT molecular complexity index is 633. The summed E-state index contributed by atoms with van der Waals surface area (Å²) in [6.07, 6.45) is 5.84. The van der Waals surface area contributed by atoms with Gasteiger partial charge in [0.25, 0.3) is 0 Å². The number of methoxy groups -OCH3 is 1. The molecule has 2 amide bonds. The second-order valence-corrected chi connectivity index (χ2v) is 7.77. The summed E-state index contributed by atoms with van der Waals surface area (Å²) in [4.78, 5) is 26.6. The third kappa shape index (κ3) is 4.26. The molecule has 1 aliphatic heterocycles. The largest absolute Gasteiger partial charge is 0.383 e. The molecule has 0 unspecified atom stereocenters. The zero-order valence-corrected chi connectivity index (χ0v) is 15.9. The summed E-state index contributed by atoms with van der Waals surface area (Å²) in [6.45, 7) is 3.31. The number of nitrogens with one attached hydrogen (secondary N) is 1. The Morgan fingerprint density at radius 3 is 2.58 bits per heavy atom. The third-order valence-electron chi connectivity index (χ3n) is 5.96. The van der Waals surface area contributed by atoms with Crippen molar-refractivity contribution in [3.05, 3.63) is 35.4 Å². The number of hydrogen-bond donors (Lipinski definition) is 1. The SMILES string of the molecule is COCCN1C(=O)CCC12CCC(NC(=O)Cc1ccc(C)cc1)CC2. The minimum atomic E-state index is -0.00615. The van der Waals surface area contributed by atoms with E-state index in [0.29, 0.717) is 26.0 Å². The van der Waals surface area contributed by atoms with Gasteiger partial charge in [-0.3, -0.25) is 9.59 Å². The molecule has 1 saturated heterocycles. The lowest BCUT2D eigenvalue weighted by molar-refractivity contribution is -0.133. The average molecular weight is 358 g/mol. The van der Waals surface area contributed by atoms with E-state index in [4.69, 9.17) is 4.74 Å². The van der Waals surface area contributed by atoms with Gasteiger partial charge in [0.1, 0.15) is 0 Å². The number of likely N-dealkylation sites (tertiary alicyclic amines) is 1. The van der Waals surface area contributed by atoms with Crippen LogP contribution in [0.1, 0.15) is 49.7 Å². The van der Waals surface area contributed by atoms with Crippen LogP contribution < -0.4 is 5.32 Å². The quantitative estimate of drug-likeness (QED) is 0.850. The first-order chi connectivity index (χ1) is 12.5. The second-order valence-electron chi connectivity index (χ2n) is 7.77. The molecule has 0 radical (unpaired) electrons. The molecule has 1 N–H and O–H groups in total. The Hall–Kier alpha value is -1.88. The number of benzene rings is 1. The molecule has 5 nitrogen and oxygen atoms in total. The maximum Gasteiger partial charge on any atom is 0.224 e. The molecular formula is C21H30N2O3. The Morgan fingerprint density at radius 1 is 1.23 bits per heavy atom. The third-order valence-corrected chi connectivity index (χ3v) is 5.96. The molecule has 1 saturated carbocycles. The van der Waals surface area contributed by atoms with Gasteiger partial charge in [-0.1, -0.05) is 29.8 Å². The monoisotopic (exact) mass is 358 g/mol. The zero-order chi connectivity index (χ0) is 18.6. The lowest BCUT2D eigenvalue weighted by Gasteiger charge is -2.44. The van der Waals surface area contributed by atoms with Crippen LogP contribution in [0.25, 0.3) is 0 Å².